The zero-order valence-corrected chi connectivity index (χ0v) is 8.35. The zero-order chi connectivity index (χ0) is 10.8. The molecule has 5 nitrogen and oxygen atoms in total. The van der Waals surface area contributed by atoms with Gasteiger partial charge >= 0.3 is 7.25 Å². The summed E-state index contributed by atoms with van der Waals surface area (Å²) in [6.07, 6.45) is 0.902. The van der Waals surface area contributed by atoms with E-state index in [9.17, 15) is 8.42 Å². The van der Waals surface area contributed by atoms with Gasteiger partial charge in [-0.1, -0.05) is 18.2 Å². The molecule has 0 fully saturated rings. The van der Waals surface area contributed by atoms with Gasteiger partial charge in [-0.05, 0) is 12.1 Å². The summed E-state index contributed by atoms with van der Waals surface area (Å²) < 4.78 is 22.9. The largest absolute Gasteiger partial charge is 0.602 e. The number of hydrogen-bond donors (Lipinski definition) is 2. The molecule has 0 saturated heterocycles. The summed E-state index contributed by atoms with van der Waals surface area (Å²) >= 11 is 0. The maximum absolute atomic E-state index is 11.2. The van der Waals surface area contributed by atoms with Crippen molar-refractivity contribution in [2.45, 2.75) is 0 Å². The molecule has 0 amide bonds. The molecule has 0 atom stereocenters. The predicted molar refractivity (Wildman–Crippen MR) is 54.0 cm³/mol. The molecule has 0 aliphatic rings. The summed E-state index contributed by atoms with van der Waals surface area (Å²) in [7, 11) is -5.75. The average molecular weight is 215 g/mol. The lowest BCUT2D eigenvalue weighted by molar-refractivity contribution is 0.409. The van der Waals surface area contributed by atoms with Crippen LogP contribution in [0.15, 0.2) is 30.3 Å². The Morgan fingerprint density at radius 1 is 1.21 bits per heavy atom. The molecule has 76 valence electrons. The van der Waals surface area contributed by atoms with Gasteiger partial charge in [0.05, 0.1) is 6.26 Å². The predicted octanol–water partition coefficient (Wildman–Crippen LogP) is -0.578. The van der Waals surface area contributed by atoms with Crippen LogP contribution in [0, 0.1) is 0 Å². The number of nitrogens with zero attached hydrogens (tertiary/aromatic N) is 1. The molecule has 0 heterocycles. The lowest BCUT2D eigenvalue weighted by atomic mass is 10.1. The van der Waals surface area contributed by atoms with Crippen molar-refractivity contribution in [2.24, 2.45) is 0 Å². The van der Waals surface area contributed by atoms with E-state index in [-0.39, 0.29) is 5.69 Å². The van der Waals surface area contributed by atoms with Crippen LogP contribution in [-0.2, 0) is 10.0 Å². The maximum Gasteiger partial charge on any atom is 0.602 e. The Balaban J connectivity index is 3.15. The molecule has 0 aliphatic carbocycles. The van der Waals surface area contributed by atoms with Crippen molar-refractivity contribution in [2.75, 3.05) is 10.5 Å². The van der Waals surface area contributed by atoms with Crippen molar-refractivity contribution < 1.29 is 18.5 Å². The number of hydrogen-bond acceptors (Lipinski definition) is 4. The molecule has 0 aromatic heterocycles. The van der Waals surface area contributed by atoms with E-state index < -0.39 is 17.3 Å². The van der Waals surface area contributed by atoms with Crippen molar-refractivity contribution >= 4 is 23.0 Å². The van der Waals surface area contributed by atoms with E-state index in [1.807, 2.05) is 0 Å². The van der Waals surface area contributed by atoms with Crippen LogP contribution < -0.4 is 4.22 Å². The van der Waals surface area contributed by atoms with Crippen LogP contribution in [-0.4, -0.2) is 32.0 Å². The first-order valence-corrected chi connectivity index (χ1v) is 5.68. The van der Waals surface area contributed by atoms with E-state index in [1.165, 1.54) is 12.1 Å². The van der Waals surface area contributed by atoms with Crippen molar-refractivity contribution in [3.8, 4) is 0 Å². The van der Waals surface area contributed by atoms with E-state index in [1.54, 1.807) is 18.2 Å². The van der Waals surface area contributed by atoms with Gasteiger partial charge in [0, 0.05) is 5.69 Å². The van der Waals surface area contributed by atoms with E-state index >= 15 is 0 Å². The van der Waals surface area contributed by atoms with E-state index in [4.69, 9.17) is 10.0 Å². The molecule has 1 aromatic rings. The minimum atomic E-state index is -3.68. The molecular weight excluding hydrogens is 205 g/mol. The van der Waals surface area contributed by atoms with Gasteiger partial charge < -0.3 is 10.0 Å². The molecule has 0 unspecified atom stereocenters. The third kappa shape index (κ3) is 2.47. The summed E-state index contributed by atoms with van der Waals surface area (Å²) in [5.74, 6) is 0. The highest BCUT2D eigenvalue weighted by Crippen LogP contribution is 2.16. The van der Waals surface area contributed by atoms with Gasteiger partial charge in [-0.3, -0.25) is 4.22 Å². The van der Waals surface area contributed by atoms with Crippen LogP contribution in [0.2, 0.25) is 0 Å². The molecule has 0 bridgehead atoms. The van der Waals surface area contributed by atoms with Crippen molar-refractivity contribution in [1.82, 2.24) is 0 Å². The number of benzene rings is 1. The number of rotatable bonds is 3. The second-order valence-corrected chi connectivity index (χ2v) is 4.60. The van der Waals surface area contributed by atoms with Gasteiger partial charge in [0.25, 0.3) is 0 Å². The van der Waals surface area contributed by atoms with Gasteiger partial charge in [0.2, 0.25) is 10.0 Å². The SMILES string of the molecule is CS(=O)(=O)N(B(O)O)c1ccccc1. The Kier molecular flexibility index (Phi) is 3.15. The molecule has 0 aliphatic heterocycles. The van der Waals surface area contributed by atoms with Crippen LogP contribution >= 0.6 is 0 Å². The van der Waals surface area contributed by atoms with Crippen LogP contribution in [0.1, 0.15) is 0 Å². The first kappa shape index (κ1) is 11.0. The van der Waals surface area contributed by atoms with Crippen LogP contribution in [0.5, 0.6) is 0 Å². The molecule has 1 aromatic carbocycles. The highest BCUT2D eigenvalue weighted by molar-refractivity contribution is 7.93. The lowest BCUT2D eigenvalue weighted by Gasteiger charge is -2.20. The molecule has 0 saturated carbocycles. The molecule has 1 rings (SSSR count). The summed E-state index contributed by atoms with van der Waals surface area (Å²) in [5.41, 5.74) is 0.213. The van der Waals surface area contributed by atoms with Crippen molar-refractivity contribution in [3.05, 3.63) is 30.3 Å². The summed E-state index contributed by atoms with van der Waals surface area (Å²) in [6, 6.07) is 7.86. The van der Waals surface area contributed by atoms with Gasteiger partial charge in [-0.2, -0.15) is 0 Å². The standard InChI is InChI=1S/C7H10BNO4S/c1-14(12,13)9(8(10)11)7-5-3-2-4-6-7/h2-6,10-11H,1H3. The first-order valence-electron chi connectivity index (χ1n) is 3.83. The van der Waals surface area contributed by atoms with Crippen molar-refractivity contribution in [1.29, 1.82) is 0 Å². The minimum absolute atomic E-state index is 0.213. The number of sulfonamides is 1. The molecular formula is C7H10BNO4S. The van der Waals surface area contributed by atoms with Crippen LogP contribution in [0.25, 0.3) is 0 Å². The fourth-order valence-corrected chi connectivity index (χ4v) is 1.92. The normalized spacial score (nSPS) is 11.1. The Hall–Kier alpha value is -1.05. The lowest BCUT2D eigenvalue weighted by Crippen LogP contribution is -2.43. The number of anilines is 1. The van der Waals surface area contributed by atoms with Gasteiger partial charge in [-0.15, -0.1) is 0 Å². The Bertz CT molecular complexity index is 391. The van der Waals surface area contributed by atoms with Gasteiger partial charge in [0.1, 0.15) is 0 Å². The summed E-state index contributed by atoms with van der Waals surface area (Å²) in [5, 5.41) is 17.8. The van der Waals surface area contributed by atoms with E-state index in [2.05, 4.69) is 0 Å². The topological polar surface area (TPSA) is 77.8 Å². The highest BCUT2D eigenvalue weighted by Gasteiger charge is 2.29. The monoisotopic (exact) mass is 215 g/mol. The third-order valence-corrected chi connectivity index (χ3v) is 2.69. The van der Waals surface area contributed by atoms with Crippen LogP contribution in [0.3, 0.4) is 0 Å². The Morgan fingerprint density at radius 3 is 2.07 bits per heavy atom. The smallest absolute Gasteiger partial charge is 0.407 e. The quantitative estimate of drug-likeness (QED) is 0.661. The van der Waals surface area contributed by atoms with E-state index in [0.717, 1.165) is 6.26 Å². The molecule has 0 radical (unpaired) electrons. The Labute approximate surface area is 82.8 Å². The van der Waals surface area contributed by atoms with Gasteiger partial charge in [-0.25, -0.2) is 8.42 Å². The van der Waals surface area contributed by atoms with E-state index in [0.29, 0.717) is 4.22 Å². The maximum atomic E-state index is 11.2. The highest BCUT2D eigenvalue weighted by atomic mass is 32.2. The third-order valence-electron chi connectivity index (χ3n) is 1.58. The molecule has 2 N–H and O–H groups in total. The van der Waals surface area contributed by atoms with Crippen LogP contribution in [0.4, 0.5) is 5.69 Å². The minimum Gasteiger partial charge on any atom is -0.407 e. The fourth-order valence-electron chi connectivity index (χ4n) is 1.07. The van der Waals surface area contributed by atoms with Gasteiger partial charge in [0.15, 0.2) is 0 Å². The second kappa shape index (κ2) is 3.99. The summed E-state index contributed by atoms with van der Waals surface area (Å²) in [6.45, 7) is 0. The fraction of sp³-hybridized carbons (Fsp3) is 0.143. The molecule has 14 heavy (non-hydrogen) atoms. The average Bonchev–Trinajstić information content (AvgIpc) is 2.02. The Morgan fingerprint density at radius 2 is 1.71 bits per heavy atom. The zero-order valence-electron chi connectivity index (χ0n) is 7.53. The first-order chi connectivity index (χ1) is 6.43. The molecule has 0 spiro atoms. The second-order valence-electron chi connectivity index (χ2n) is 2.74. The van der Waals surface area contributed by atoms with Crippen molar-refractivity contribution in [3.63, 3.8) is 0 Å². The molecule has 7 heteroatoms. The number of para-hydroxylation sites is 1. The summed E-state index contributed by atoms with van der Waals surface area (Å²) in [4.78, 5) is 0.